The summed E-state index contributed by atoms with van der Waals surface area (Å²) in [6, 6.07) is 7.25. The Balaban J connectivity index is 1.94. The Morgan fingerprint density at radius 3 is 2.32 bits per heavy atom. The van der Waals surface area contributed by atoms with Crippen LogP contribution in [0.5, 0.6) is 0 Å². The highest BCUT2D eigenvalue weighted by atomic mass is 16.7. The summed E-state index contributed by atoms with van der Waals surface area (Å²) in [5.74, 6) is -2.96. The van der Waals surface area contributed by atoms with Crippen molar-refractivity contribution in [3.63, 3.8) is 0 Å². The van der Waals surface area contributed by atoms with E-state index in [0.29, 0.717) is 25.1 Å². The summed E-state index contributed by atoms with van der Waals surface area (Å²) in [5.41, 5.74) is 1.45. The Kier molecular flexibility index (Phi) is 5.80. The van der Waals surface area contributed by atoms with Crippen LogP contribution >= 0.6 is 0 Å². The van der Waals surface area contributed by atoms with Crippen LogP contribution in [0.2, 0.25) is 0 Å². The van der Waals surface area contributed by atoms with E-state index in [9.17, 15) is 14.4 Å². The second kappa shape index (κ2) is 7.83. The molecule has 1 saturated heterocycles. The van der Waals surface area contributed by atoms with Crippen molar-refractivity contribution in [3.8, 4) is 0 Å². The maximum Gasteiger partial charge on any atom is 0.350 e. The van der Waals surface area contributed by atoms with E-state index in [1.54, 1.807) is 19.1 Å². The van der Waals surface area contributed by atoms with Crippen LogP contribution in [-0.4, -0.2) is 30.3 Å². The van der Waals surface area contributed by atoms with Crippen LogP contribution in [0.1, 0.15) is 32.8 Å². The van der Waals surface area contributed by atoms with Crippen molar-refractivity contribution in [1.82, 2.24) is 0 Å². The molecular weight excluding hydrogens is 326 g/mol. The highest BCUT2D eigenvalue weighted by Gasteiger charge is 2.38. The maximum atomic E-state index is 11.8. The Labute approximate surface area is 145 Å². The molecule has 0 saturated carbocycles. The molecule has 25 heavy (non-hydrogen) atoms. The molecule has 1 N–H and O–H groups in total. The van der Waals surface area contributed by atoms with Gasteiger partial charge in [0.15, 0.2) is 5.57 Å². The minimum atomic E-state index is -1.26. The maximum absolute atomic E-state index is 11.8. The fourth-order valence-corrected chi connectivity index (χ4v) is 2.18. The molecule has 0 spiro atoms. The summed E-state index contributed by atoms with van der Waals surface area (Å²) in [5, 5.41) is 2.86. The van der Waals surface area contributed by atoms with E-state index in [0.717, 1.165) is 5.56 Å². The number of anilines is 1. The van der Waals surface area contributed by atoms with Gasteiger partial charge < -0.3 is 19.5 Å². The summed E-state index contributed by atoms with van der Waals surface area (Å²) in [7, 11) is 0. The van der Waals surface area contributed by atoms with Gasteiger partial charge in [-0.25, -0.2) is 9.59 Å². The number of cyclic esters (lactones) is 2. The van der Waals surface area contributed by atoms with Crippen LogP contribution in [0.3, 0.4) is 0 Å². The van der Waals surface area contributed by atoms with E-state index in [1.165, 1.54) is 20.0 Å². The topological polar surface area (TPSA) is 90.9 Å². The van der Waals surface area contributed by atoms with Crippen LogP contribution in [0.4, 0.5) is 5.69 Å². The van der Waals surface area contributed by atoms with Crippen LogP contribution in [0.25, 0.3) is 0 Å². The van der Waals surface area contributed by atoms with Gasteiger partial charge in [0, 0.05) is 32.2 Å². The lowest BCUT2D eigenvalue weighted by atomic mass is 10.1. The predicted molar refractivity (Wildman–Crippen MR) is 89.4 cm³/mol. The molecule has 2 rings (SSSR count). The molecule has 0 atom stereocenters. The molecule has 7 nitrogen and oxygen atoms in total. The lowest BCUT2D eigenvalue weighted by molar-refractivity contribution is -0.222. The fourth-order valence-electron chi connectivity index (χ4n) is 2.18. The van der Waals surface area contributed by atoms with E-state index >= 15 is 0 Å². The highest BCUT2D eigenvalue weighted by molar-refractivity contribution is 6.15. The normalized spacial score (nSPS) is 15.9. The molecule has 0 unspecified atom stereocenters. The number of benzene rings is 1. The number of rotatable bonds is 6. The quantitative estimate of drug-likeness (QED) is 0.480. The van der Waals surface area contributed by atoms with Crippen LogP contribution < -0.4 is 5.32 Å². The smallest absolute Gasteiger partial charge is 0.350 e. The van der Waals surface area contributed by atoms with Crippen LogP contribution in [-0.2, 0) is 35.0 Å². The average molecular weight is 347 g/mol. The second-order valence-corrected chi connectivity index (χ2v) is 5.88. The van der Waals surface area contributed by atoms with E-state index < -0.39 is 17.7 Å². The van der Waals surface area contributed by atoms with Gasteiger partial charge in [-0.2, -0.15) is 0 Å². The third-order valence-electron chi connectivity index (χ3n) is 3.38. The van der Waals surface area contributed by atoms with Crippen molar-refractivity contribution < 1.29 is 28.6 Å². The summed E-state index contributed by atoms with van der Waals surface area (Å²) < 4.78 is 14.9. The monoisotopic (exact) mass is 347 g/mol. The molecule has 7 heteroatoms. The van der Waals surface area contributed by atoms with Gasteiger partial charge in [-0.3, -0.25) is 4.79 Å². The minimum Gasteiger partial charge on any atom is -0.466 e. The fraction of sp³-hybridized carbons (Fsp3) is 0.389. The number of carbonyl (C=O) groups is 3. The van der Waals surface area contributed by atoms with Gasteiger partial charge in [0.05, 0.1) is 6.61 Å². The average Bonchev–Trinajstić information content (AvgIpc) is 2.52. The number of hydrogen-bond donors (Lipinski definition) is 1. The lowest BCUT2D eigenvalue weighted by Crippen LogP contribution is -2.42. The van der Waals surface area contributed by atoms with Gasteiger partial charge in [0.25, 0.3) is 5.79 Å². The molecule has 0 aromatic heterocycles. The van der Waals surface area contributed by atoms with Crippen molar-refractivity contribution in [3.05, 3.63) is 41.6 Å². The Morgan fingerprint density at radius 1 is 1.16 bits per heavy atom. The number of hydrogen-bond acceptors (Lipinski definition) is 7. The number of nitrogens with one attached hydrogen (secondary N) is 1. The SMILES string of the molecule is CCOC(=O)CCc1ccc(NC=C2C(=O)OC(C)(C)OC2=O)cc1. The Bertz CT molecular complexity index is 668. The number of aryl methyl sites for hydroxylation is 1. The van der Waals surface area contributed by atoms with Gasteiger partial charge in [-0.15, -0.1) is 0 Å². The zero-order valence-corrected chi connectivity index (χ0v) is 14.5. The molecule has 1 aromatic carbocycles. The first-order chi connectivity index (χ1) is 11.8. The van der Waals surface area contributed by atoms with E-state index in [1.807, 2.05) is 12.1 Å². The molecule has 1 heterocycles. The standard InChI is InChI=1S/C18H21NO6/c1-4-23-15(20)10-7-12-5-8-13(9-6-12)19-11-14-16(21)24-18(2,3)25-17(14)22/h5-6,8-9,11,19H,4,7,10H2,1-3H3. The second-order valence-electron chi connectivity index (χ2n) is 5.88. The van der Waals surface area contributed by atoms with Gasteiger partial charge >= 0.3 is 17.9 Å². The summed E-state index contributed by atoms with van der Waals surface area (Å²) in [4.78, 5) is 35.0. The van der Waals surface area contributed by atoms with Crippen LogP contribution in [0, 0.1) is 0 Å². The molecule has 134 valence electrons. The summed E-state index contributed by atoms with van der Waals surface area (Å²) in [6.45, 7) is 5.12. The molecule has 1 aliphatic rings. The van der Waals surface area contributed by atoms with Crippen molar-refractivity contribution in [2.24, 2.45) is 0 Å². The predicted octanol–water partition coefficient (Wildman–Crippen LogP) is 2.31. The van der Waals surface area contributed by atoms with Gasteiger partial charge in [0.1, 0.15) is 0 Å². The molecule has 0 bridgehead atoms. The molecule has 0 aliphatic carbocycles. The van der Waals surface area contributed by atoms with Crippen molar-refractivity contribution in [2.45, 2.75) is 39.4 Å². The molecule has 1 fully saturated rings. The largest absolute Gasteiger partial charge is 0.466 e. The van der Waals surface area contributed by atoms with E-state index in [4.69, 9.17) is 14.2 Å². The Hall–Kier alpha value is -2.83. The minimum absolute atomic E-state index is 0.203. The zero-order chi connectivity index (χ0) is 18.4. The lowest BCUT2D eigenvalue weighted by Gasteiger charge is -2.29. The molecule has 1 aromatic rings. The first-order valence-electron chi connectivity index (χ1n) is 7.98. The number of ether oxygens (including phenoxy) is 3. The molecule has 0 amide bonds. The molecule has 1 aliphatic heterocycles. The third kappa shape index (κ3) is 5.34. The van der Waals surface area contributed by atoms with E-state index in [-0.39, 0.29) is 11.5 Å². The summed E-state index contributed by atoms with van der Waals surface area (Å²) >= 11 is 0. The third-order valence-corrected chi connectivity index (χ3v) is 3.38. The molecule has 0 radical (unpaired) electrons. The first kappa shape index (κ1) is 18.5. The van der Waals surface area contributed by atoms with Crippen LogP contribution in [0.15, 0.2) is 36.0 Å². The molecular formula is C18H21NO6. The van der Waals surface area contributed by atoms with Gasteiger partial charge in [0.2, 0.25) is 0 Å². The highest BCUT2D eigenvalue weighted by Crippen LogP contribution is 2.22. The number of esters is 3. The van der Waals surface area contributed by atoms with Crippen molar-refractivity contribution in [1.29, 1.82) is 0 Å². The Morgan fingerprint density at radius 2 is 1.76 bits per heavy atom. The van der Waals surface area contributed by atoms with Crippen molar-refractivity contribution >= 4 is 23.6 Å². The first-order valence-corrected chi connectivity index (χ1v) is 7.98. The van der Waals surface area contributed by atoms with Gasteiger partial charge in [-0.1, -0.05) is 12.1 Å². The van der Waals surface area contributed by atoms with Gasteiger partial charge in [-0.05, 0) is 31.0 Å². The zero-order valence-electron chi connectivity index (χ0n) is 14.5. The van der Waals surface area contributed by atoms with Crippen molar-refractivity contribution in [2.75, 3.05) is 11.9 Å². The number of carbonyl (C=O) groups excluding carboxylic acids is 3. The van der Waals surface area contributed by atoms with E-state index in [2.05, 4.69) is 5.32 Å². The summed E-state index contributed by atoms with van der Waals surface area (Å²) in [6.07, 6.45) is 2.15.